The molecular formula is C8H7BF3-. The fraction of sp³-hybridized carbons (Fsp3) is 0. The quantitative estimate of drug-likeness (QED) is 0.599. The molecule has 0 unspecified atom stereocenters. The highest BCUT2D eigenvalue weighted by Crippen LogP contribution is 2.12. The zero-order valence-corrected chi connectivity index (χ0v) is 6.31. The van der Waals surface area contributed by atoms with Crippen LogP contribution in [0.5, 0.6) is 0 Å². The van der Waals surface area contributed by atoms with E-state index in [-0.39, 0.29) is 5.56 Å². The summed E-state index contributed by atoms with van der Waals surface area (Å²) < 4.78 is 36.8. The van der Waals surface area contributed by atoms with Gasteiger partial charge in [-0.15, -0.1) is 5.46 Å². The molecule has 0 aliphatic rings. The summed E-state index contributed by atoms with van der Waals surface area (Å²) in [6.07, 6.45) is 1.21. The number of halogens is 3. The van der Waals surface area contributed by atoms with Crippen molar-refractivity contribution in [3.8, 4) is 0 Å². The number of rotatable bonds is 2. The molecule has 0 N–H and O–H groups in total. The first-order chi connectivity index (χ1) is 5.55. The first-order valence-corrected chi connectivity index (χ1v) is 3.47. The lowest BCUT2D eigenvalue weighted by atomic mass is 9.77. The monoisotopic (exact) mass is 171 g/mol. The van der Waals surface area contributed by atoms with Crippen LogP contribution in [0.1, 0.15) is 5.56 Å². The summed E-state index contributed by atoms with van der Waals surface area (Å²) in [5, 5.41) is 0. The van der Waals surface area contributed by atoms with Gasteiger partial charge in [0.15, 0.2) is 0 Å². The molecule has 1 aromatic rings. The molecule has 4 heteroatoms. The van der Waals surface area contributed by atoms with Crippen molar-refractivity contribution in [3.05, 3.63) is 36.4 Å². The Labute approximate surface area is 68.8 Å². The predicted molar refractivity (Wildman–Crippen MR) is 45.2 cm³/mol. The van der Waals surface area contributed by atoms with Gasteiger partial charge in [0.1, 0.15) is 0 Å². The van der Waals surface area contributed by atoms with Crippen LogP contribution in [0.2, 0.25) is 0 Å². The molecule has 0 bridgehead atoms. The van der Waals surface area contributed by atoms with E-state index in [0.29, 0.717) is 0 Å². The van der Waals surface area contributed by atoms with Gasteiger partial charge in [0.05, 0.1) is 0 Å². The fourth-order valence-electron chi connectivity index (χ4n) is 0.995. The average Bonchev–Trinajstić information content (AvgIpc) is 2.03. The van der Waals surface area contributed by atoms with E-state index >= 15 is 0 Å². The van der Waals surface area contributed by atoms with Gasteiger partial charge in [-0.3, -0.25) is 0 Å². The Morgan fingerprint density at radius 1 is 1.17 bits per heavy atom. The van der Waals surface area contributed by atoms with Crippen LogP contribution in [-0.4, -0.2) is 6.98 Å². The molecule has 0 aliphatic carbocycles. The zero-order chi connectivity index (χ0) is 9.19. The third-order valence-corrected chi connectivity index (χ3v) is 1.57. The topological polar surface area (TPSA) is 0 Å². The van der Waals surface area contributed by atoms with E-state index in [1.807, 2.05) is 0 Å². The molecule has 0 saturated carbocycles. The molecule has 0 fully saturated rings. The Balaban J connectivity index is 3.23. The van der Waals surface area contributed by atoms with Crippen LogP contribution in [0.15, 0.2) is 30.8 Å². The van der Waals surface area contributed by atoms with Crippen molar-refractivity contribution in [1.29, 1.82) is 0 Å². The molecule has 0 saturated heterocycles. The lowest BCUT2D eigenvalue weighted by molar-refractivity contribution is 0.501. The van der Waals surface area contributed by atoms with E-state index in [2.05, 4.69) is 6.58 Å². The Kier molecular flexibility index (Phi) is 2.26. The fourth-order valence-corrected chi connectivity index (χ4v) is 0.995. The van der Waals surface area contributed by atoms with Crippen LogP contribution >= 0.6 is 0 Å². The summed E-state index contributed by atoms with van der Waals surface area (Å²) in [4.78, 5) is 0. The lowest BCUT2D eigenvalue weighted by Gasteiger charge is -2.17. The van der Waals surface area contributed by atoms with Crippen LogP contribution in [0, 0.1) is 0 Å². The minimum absolute atomic E-state index is 0.144. The molecule has 0 nitrogen and oxygen atoms in total. The van der Waals surface area contributed by atoms with E-state index in [0.717, 1.165) is 6.07 Å². The van der Waals surface area contributed by atoms with E-state index in [9.17, 15) is 12.9 Å². The van der Waals surface area contributed by atoms with Gasteiger partial charge in [0.2, 0.25) is 0 Å². The highest BCUT2D eigenvalue weighted by atomic mass is 19.4. The molecule has 1 rings (SSSR count). The van der Waals surface area contributed by atoms with E-state index in [4.69, 9.17) is 0 Å². The molecular weight excluding hydrogens is 164 g/mol. The van der Waals surface area contributed by atoms with Crippen molar-refractivity contribution in [1.82, 2.24) is 0 Å². The first-order valence-electron chi connectivity index (χ1n) is 3.47. The zero-order valence-electron chi connectivity index (χ0n) is 6.31. The molecule has 0 radical (unpaired) electrons. The van der Waals surface area contributed by atoms with Gasteiger partial charge in [0.25, 0.3) is 0 Å². The standard InChI is InChI=1S/C8H7BF3/c1-2-7-5-3-4-6-8(7)9(10,11)12/h2-6H,1H2/q-1. The van der Waals surface area contributed by atoms with Crippen LogP contribution in [-0.2, 0) is 0 Å². The molecule has 0 atom stereocenters. The smallest absolute Gasteiger partial charge is 0.445 e. The van der Waals surface area contributed by atoms with Gasteiger partial charge in [-0.1, -0.05) is 42.5 Å². The Bertz CT molecular complexity index is 291. The second-order valence-electron chi connectivity index (χ2n) is 2.41. The maximum absolute atomic E-state index is 12.3. The van der Waals surface area contributed by atoms with Crippen molar-refractivity contribution in [2.45, 2.75) is 0 Å². The molecule has 0 aliphatic heterocycles. The van der Waals surface area contributed by atoms with Crippen molar-refractivity contribution >= 4 is 18.5 Å². The molecule has 64 valence electrons. The Hall–Kier alpha value is -1.19. The maximum Gasteiger partial charge on any atom is 0.510 e. The summed E-state index contributed by atoms with van der Waals surface area (Å²) in [7, 11) is 0. The summed E-state index contributed by atoms with van der Waals surface area (Å²) in [6.45, 7) is -1.59. The van der Waals surface area contributed by atoms with Crippen molar-refractivity contribution in [2.24, 2.45) is 0 Å². The molecule has 0 spiro atoms. The SMILES string of the molecule is C=Cc1ccccc1[B-](F)(F)F. The molecule has 1 aromatic carbocycles. The summed E-state index contributed by atoms with van der Waals surface area (Å²) in [5.74, 6) is 0. The van der Waals surface area contributed by atoms with Gasteiger partial charge in [-0.05, 0) is 0 Å². The predicted octanol–water partition coefficient (Wildman–Crippen LogP) is 2.38. The van der Waals surface area contributed by atoms with Crippen molar-refractivity contribution in [2.75, 3.05) is 0 Å². The molecule has 12 heavy (non-hydrogen) atoms. The largest absolute Gasteiger partial charge is 0.510 e. The van der Waals surface area contributed by atoms with Gasteiger partial charge < -0.3 is 12.9 Å². The highest BCUT2D eigenvalue weighted by molar-refractivity contribution is 6.74. The average molecular weight is 171 g/mol. The minimum atomic E-state index is -4.91. The van der Waals surface area contributed by atoms with Crippen LogP contribution < -0.4 is 5.46 Å². The summed E-state index contributed by atoms with van der Waals surface area (Å²) in [5.41, 5.74) is -0.433. The third kappa shape index (κ3) is 1.70. The van der Waals surface area contributed by atoms with Crippen LogP contribution in [0.25, 0.3) is 6.08 Å². The summed E-state index contributed by atoms with van der Waals surface area (Å²) in [6, 6.07) is 5.40. The Morgan fingerprint density at radius 3 is 2.17 bits per heavy atom. The normalized spacial score (nSPS) is 11.2. The first kappa shape index (κ1) is 8.91. The highest BCUT2D eigenvalue weighted by Gasteiger charge is 2.26. The molecule has 0 aromatic heterocycles. The van der Waals surface area contributed by atoms with E-state index in [1.165, 1.54) is 18.2 Å². The number of hydrogen-bond donors (Lipinski definition) is 0. The third-order valence-electron chi connectivity index (χ3n) is 1.57. The second-order valence-corrected chi connectivity index (χ2v) is 2.41. The van der Waals surface area contributed by atoms with Crippen LogP contribution in [0.4, 0.5) is 12.9 Å². The van der Waals surface area contributed by atoms with Crippen LogP contribution in [0.3, 0.4) is 0 Å². The second kappa shape index (κ2) is 3.05. The Morgan fingerprint density at radius 2 is 1.75 bits per heavy atom. The molecule has 0 heterocycles. The number of benzene rings is 1. The lowest BCUT2D eigenvalue weighted by Crippen LogP contribution is -2.35. The summed E-state index contributed by atoms with van der Waals surface area (Å²) >= 11 is 0. The maximum atomic E-state index is 12.3. The van der Waals surface area contributed by atoms with Crippen molar-refractivity contribution < 1.29 is 12.9 Å². The minimum Gasteiger partial charge on any atom is -0.445 e. The van der Waals surface area contributed by atoms with Crippen molar-refractivity contribution in [3.63, 3.8) is 0 Å². The number of hydrogen-bond acceptors (Lipinski definition) is 0. The molecule has 0 amide bonds. The van der Waals surface area contributed by atoms with Gasteiger partial charge in [-0.2, -0.15) is 0 Å². The van der Waals surface area contributed by atoms with Gasteiger partial charge >= 0.3 is 6.98 Å². The van der Waals surface area contributed by atoms with E-state index in [1.54, 1.807) is 6.07 Å². The van der Waals surface area contributed by atoms with E-state index < -0.39 is 12.4 Å². The van der Waals surface area contributed by atoms with Gasteiger partial charge in [0, 0.05) is 0 Å². The van der Waals surface area contributed by atoms with Gasteiger partial charge in [-0.25, -0.2) is 0 Å².